The standard InChI is InChI=1S/6CN.Fe.Mn.Na.Ni/c6*1-2;;;;/q6*-1;2*+2;+1;+2. The van der Waals surface area contributed by atoms with Crippen molar-refractivity contribution in [2.75, 3.05) is 0 Å². The van der Waals surface area contributed by atoms with Crippen LogP contribution in [0, 0.1) is 71.0 Å². The first-order valence-corrected chi connectivity index (χ1v) is 1.34. The van der Waals surface area contributed by atoms with E-state index in [9.17, 15) is 0 Å². The molecule has 0 saturated heterocycles. The molecule has 0 amide bonds. The summed E-state index contributed by atoms with van der Waals surface area (Å²) >= 11 is 0. The maximum absolute atomic E-state index is 6.25. The average molecular weight is 349 g/mol. The second-order valence-corrected chi connectivity index (χ2v) is 0. The molecule has 0 fully saturated rings. The second-order valence-electron chi connectivity index (χ2n) is 0. The fourth-order valence-corrected chi connectivity index (χ4v) is 0. The van der Waals surface area contributed by atoms with Gasteiger partial charge >= 0.3 is 80.2 Å². The fraction of sp³-hybridized carbons (Fsp3) is 0. The van der Waals surface area contributed by atoms with Gasteiger partial charge in [-0.15, -0.1) is 0 Å². The summed E-state index contributed by atoms with van der Waals surface area (Å²) in [5.41, 5.74) is 0. The van der Waals surface area contributed by atoms with Crippen LogP contribution in [0.2, 0.25) is 0 Å². The summed E-state index contributed by atoms with van der Waals surface area (Å²) in [5.74, 6) is 0. The van der Waals surface area contributed by atoms with Gasteiger partial charge in [-0.05, 0) is 0 Å². The molecule has 16 heavy (non-hydrogen) atoms. The quantitative estimate of drug-likeness (QED) is 0.352. The van der Waals surface area contributed by atoms with E-state index in [0.29, 0.717) is 0 Å². The van der Waals surface area contributed by atoms with Gasteiger partial charge in [0.25, 0.3) is 0 Å². The minimum absolute atomic E-state index is 0. The van der Waals surface area contributed by atoms with E-state index in [0.717, 1.165) is 0 Å². The van der Waals surface area contributed by atoms with Gasteiger partial charge in [-0.3, -0.25) is 0 Å². The summed E-state index contributed by atoms with van der Waals surface area (Å²) in [5, 5.41) is 37.5. The van der Waals surface area contributed by atoms with Crippen molar-refractivity contribution in [2.45, 2.75) is 0 Å². The largest absolute Gasteiger partial charge is 2.00 e. The molecule has 0 aliphatic rings. The van der Waals surface area contributed by atoms with E-state index in [-0.39, 0.29) is 80.2 Å². The van der Waals surface area contributed by atoms with Crippen molar-refractivity contribution in [3.8, 4) is 0 Å². The molecule has 0 aliphatic carbocycles. The molecule has 0 atom stereocenters. The van der Waals surface area contributed by atoms with E-state index in [2.05, 4.69) is 0 Å². The Hall–Kier alpha value is -0.528. The van der Waals surface area contributed by atoms with E-state index < -0.39 is 0 Å². The van der Waals surface area contributed by atoms with Crippen LogP contribution in [0.15, 0.2) is 0 Å². The molecule has 0 heterocycles. The summed E-state index contributed by atoms with van der Waals surface area (Å²) < 4.78 is 0. The Morgan fingerprint density at radius 1 is 0.438 bits per heavy atom. The predicted octanol–water partition coefficient (Wildman–Crippen LogP) is -2.43. The third-order valence-corrected chi connectivity index (χ3v) is 0. The summed E-state index contributed by atoms with van der Waals surface area (Å²) in [7, 11) is 0. The van der Waals surface area contributed by atoms with Crippen molar-refractivity contribution < 1.29 is 80.2 Å². The van der Waals surface area contributed by atoms with E-state index in [1.165, 1.54) is 0 Å². The van der Waals surface area contributed by atoms with Crippen LogP contribution in [-0.4, -0.2) is 0 Å². The van der Waals surface area contributed by atoms with Crippen molar-refractivity contribution in [1.29, 1.82) is 31.6 Å². The van der Waals surface area contributed by atoms with Crippen molar-refractivity contribution in [2.24, 2.45) is 0 Å². The summed E-state index contributed by atoms with van der Waals surface area (Å²) in [6.07, 6.45) is 0. The van der Waals surface area contributed by atoms with Crippen LogP contribution in [-0.2, 0) is 50.6 Å². The Kier molecular flexibility index (Phi) is 63800. The van der Waals surface area contributed by atoms with Gasteiger partial charge in [0.2, 0.25) is 0 Å². The smallest absolute Gasteiger partial charge is 0.512 e. The molecule has 1 radical (unpaired) electrons. The molecule has 6 nitrogen and oxygen atoms in total. The van der Waals surface area contributed by atoms with Gasteiger partial charge in [-0.2, -0.15) is 0 Å². The van der Waals surface area contributed by atoms with Crippen LogP contribution in [0.4, 0.5) is 0 Å². The summed E-state index contributed by atoms with van der Waals surface area (Å²) in [6, 6.07) is 0. The van der Waals surface area contributed by atoms with E-state index in [1.54, 1.807) is 0 Å². The molecule has 0 aromatic rings. The molecule has 79 valence electrons. The normalized spacial score (nSPS) is 0.750. The first-order valence-electron chi connectivity index (χ1n) is 1.34. The monoisotopic (exact) mass is 348 g/mol. The van der Waals surface area contributed by atoms with Gasteiger partial charge in [-0.25, -0.2) is 0 Å². The van der Waals surface area contributed by atoms with Gasteiger partial charge in [-0.1, -0.05) is 0 Å². The molecule has 0 saturated carbocycles. The predicted molar refractivity (Wildman–Crippen MR) is 29.8 cm³/mol. The van der Waals surface area contributed by atoms with E-state index in [1.807, 2.05) is 0 Å². The Bertz CT molecular complexity index is 108. The number of nitrogens with zero attached hydrogens (tertiary/aromatic N) is 6. The SMILES string of the molecule is [C-]#N.[C-]#N.[C-]#N.[C-]#N.[C-]#N.[C-]#N.[Fe+2].[Mn+2].[Na+].[Ni+2]. The molecule has 0 unspecified atom stereocenters. The molecule has 10 heteroatoms. The van der Waals surface area contributed by atoms with Crippen molar-refractivity contribution >= 4 is 0 Å². The maximum atomic E-state index is 6.25. The number of hydrogen-bond donors (Lipinski definition) is 0. The van der Waals surface area contributed by atoms with Crippen LogP contribution in [0.25, 0.3) is 0 Å². The number of rotatable bonds is 0. The fourth-order valence-electron chi connectivity index (χ4n) is 0. The zero-order chi connectivity index (χ0) is 12.0. The van der Waals surface area contributed by atoms with Crippen LogP contribution in [0.5, 0.6) is 0 Å². The molecular formula is C6FeMnN6NaNi+. The van der Waals surface area contributed by atoms with Crippen LogP contribution in [0.3, 0.4) is 0 Å². The van der Waals surface area contributed by atoms with Crippen LogP contribution < -0.4 is 29.6 Å². The molecule has 0 bridgehead atoms. The Morgan fingerprint density at radius 2 is 0.438 bits per heavy atom. The first kappa shape index (κ1) is 108. The molecule has 0 aromatic carbocycles. The van der Waals surface area contributed by atoms with Crippen molar-refractivity contribution in [3.63, 3.8) is 0 Å². The minimum Gasteiger partial charge on any atom is -0.512 e. The van der Waals surface area contributed by atoms with Crippen LogP contribution >= 0.6 is 0 Å². The zero-order valence-corrected chi connectivity index (χ0v) is 13.0. The summed E-state index contributed by atoms with van der Waals surface area (Å²) in [4.78, 5) is 0. The van der Waals surface area contributed by atoms with Gasteiger partial charge in [0.05, 0.1) is 0 Å². The Labute approximate surface area is 150 Å². The Morgan fingerprint density at radius 3 is 0.438 bits per heavy atom. The molecule has 0 rings (SSSR count). The molecular weight excluding hydrogens is 349 g/mol. The molecule has 0 aromatic heterocycles. The number of hydrogen-bond acceptors (Lipinski definition) is 6. The topological polar surface area (TPSA) is 143 Å². The van der Waals surface area contributed by atoms with Crippen molar-refractivity contribution in [1.82, 2.24) is 0 Å². The minimum atomic E-state index is 0. The van der Waals surface area contributed by atoms with Gasteiger partial charge in [0.1, 0.15) is 0 Å². The molecule has 0 spiro atoms. The Balaban J connectivity index is -0.00000000321. The third-order valence-electron chi connectivity index (χ3n) is 0. The second kappa shape index (κ2) is 9440. The summed E-state index contributed by atoms with van der Waals surface area (Å²) in [6.45, 7) is 28.5. The van der Waals surface area contributed by atoms with Gasteiger partial charge in [0, 0.05) is 0 Å². The van der Waals surface area contributed by atoms with Gasteiger partial charge in [0.15, 0.2) is 0 Å². The van der Waals surface area contributed by atoms with E-state index >= 15 is 0 Å². The molecule has 0 aliphatic heterocycles. The van der Waals surface area contributed by atoms with Crippen LogP contribution in [0.1, 0.15) is 0 Å². The zero-order valence-electron chi connectivity index (χ0n) is 7.73. The van der Waals surface area contributed by atoms with Gasteiger partial charge < -0.3 is 71.0 Å². The average Bonchev–Trinajstić information content (AvgIpc) is 2.33. The van der Waals surface area contributed by atoms with E-state index in [4.69, 9.17) is 71.0 Å². The molecule has 0 N–H and O–H groups in total. The van der Waals surface area contributed by atoms with Crippen molar-refractivity contribution in [3.05, 3.63) is 39.4 Å². The maximum Gasteiger partial charge on any atom is 2.00 e. The third kappa shape index (κ3) is 7530. The first-order chi connectivity index (χ1) is 6.00.